The van der Waals surface area contributed by atoms with Gasteiger partial charge in [-0.15, -0.1) is 0 Å². The number of carbonyl (C=O) groups is 1. The first-order chi connectivity index (χ1) is 8.33. The van der Waals surface area contributed by atoms with Gasteiger partial charge in [0.05, 0.1) is 6.04 Å². The highest BCUT2D eigenvalue weighted by atomic mass is 32.2. The molecule has 0 spiro atoms. The second kappa shape index (κ2) is 5.16. The van der Waals surface area contributed by atoms with Gasteiger partial charge in [-0.1, -0.05) is 0 Å². The van der Waals surface area contributed by atoms with Crippen LogP contribution < -0.4 is 10.6 Å². The smallest absolute Gasteiger partial charge is 0.238 e. The minimum atomic E-state index is 0.0317. The van der Waals surface area contributed by atoms with Crippen molar-refractivity contribution in [3.8, 4) is 0 Å². The highest BCUT2D eigenvalue weighted by Gasteiger charge is 2.35. The van der Waals surface area contributed by atoms with Gasteiger partial charge >= 0.3 is 0 Å². The van der Waals surface area contributed by atoms with E-state index >= 15 is 0 Å². The summed E-state index contributed by atoms with van der Waals surface area (Å²) < 4.78 is 0. The summed E-state index contributed by atoms with van der Waals surface area (Å²) in [6, 6.07) is 0.433. The number of carbonyl (C=O) groups excluding carboxylic acids is 1. The Morgan fingerprint density at radius 2 is 2.18 bits per heavy atom. The Morgan fingerprint density at radius 3 is 2.76 bits per heavy atom. The minimum absolute atomic E-state index is 0.0317. The second-order valence-corrected chi connectivity index (χ2v) is 6.48. The molecule has 4 fully saturated rings. The first-order valence-corrected chi connectivity index (χ1v) is 7.82. The van der Waals surface area contributed by atoms with Gasteiger partial charge in [-0.3, -0.25) is 4.79 Å². The van der Waals surface area contributed by atoms with Gasteiger partial charge in [-0.2, -0.15) is 11.8 Å². The summed E-state index contributed by atoms with van der Waals surface area (Å²) in [5.74, 6) is 2.99. The van der Waals surface area contributed by atoms with Crippen molar-refractivity contribution in [1.29, 1.82) is 0 Å². The summed E-state index contributed by atoms with van der Waals surface area (Å²) in [4.78, 5) is 14.6. The van der Waals surface area contributed by atoms with Crippen molar-refractivity contribution in [2.24, 2.45) is 5.92 Å². The van der Waals surface area contributed by atoms with Gasteiger partial charge in [0.1, 0.15) is 0 Å². The van der Waals surface area contributed by atoms with Crippen LogP contribution in [0.1, 0.15) is 12.8 Å². The SMILES string of the molecule is O=C(NC1CN2CCC1CC2)C1CSCCN1. The topological polar surface area (TPSA) is 44.4 Å². The van der Waals surface area contributed by atoms with E-state index in [-0.39, 0.29) is 11.9 Å². The molecule has 5 heteroatoms. The van der Waals surface area contributed by atoms with E-state index in [4.69, 9.17) is 0 Å². The molecule has 0 saturated carbocycles. The fraction of sp³-hybridized carbons (Fsp3) is 0.917. The van der Waals surface area contributed by atoms with Gasteiger partial charge < -0.3 is 15.5 Å². The van der Waals surface area contributed by atoms with Gasteiger partial charge in [0.2, 0.25) is 5.91 Å². The Kier molecular flexibility index (Phi) is 3.59. The third kappa shape index (κ3) is 2.61. The third-order valence-electron chi connectivity index (χ3n) is 4.22. The quantitative estimate of drug-likeness (QED) is 0.723. The lowest BCUT2D eigenvalue weighted by atomic mass is 9.84. The van der Waals surface area contributed by atoms with Crippen LogP contribution in [0.4, 0.5) is 0 Å². The molecular formula is C12H21N3OS. The molecular weight excluding hydrogens is 234 g/mol. The molecule has 0 aromatic carbocycles. The Hall–Kier alpha value is -0.260. The molecule has 1 amide bonds. The lowest BCUT2D eigenvalue weighted by Gasteiger charge is -2.45. The van der Waals surface area contributed by atoms with Crippen LogP contribution in [-0.4, -0.2) is 60.6 Å². The van der Waals surface area contributed by atoms with E-state index in [0.717, 1.165) is 30.5 Å². The molecule has 4 saturated heterocycles. The van der Waals surface area contributed by atoms with Crippen molar-refractivity contribution in [2.45, 2.75) is 24.9 Å². The molecule has 17 heavy (non-hydrogen) atoms. The van der Waals surface area contributed by atoms with E-state index in [1.165, 1.54) is 25.9 Å². The van der Waals surface area contributed by atoms with Crippen LogP contribution in [0.3, 0.4) is 0 Å². The van der Waals surface area contributed by atoms with Gasteiger partial charge in [-0.05, 0) is 31.8 Å². The molecule has 4 heterocycles. The van der Waals surface area contributed by atoms with Crippen molar-refractivity contribution in [1.82, 2.24) is 15.5 Å². The summed E-state index contributed by atoms with van der Waals surface area (Å²) in [6.07, 6.45) is 2.52. The molecule has 4 aliphatic rings. The van der Waals surface area contributed by atoms with E-state index < -0.39 is 0 Å². The number of rotatable bonds is 2. The molecule has 96 valence electrons. The lowest BCUT2D eigenvalue weighted by Crippen LogP contribution is -2.60. The highest BCUT2D eigenvalue weighted by molar-refractivity contribution is 7.99. The zero-order chi connectivity index (χ0) is 11.7. The molecule has 4 nitrogen and oxygen atoms in total. The lowest BCUT2D eigenvalue weighted by molar-refractivity contribution is -0.124. The number of fused-ring (bicyclic) bond motifs is 3. The van der Waals surface area contributed by atoms with Crippen LogP contribution in [0.5, 0.6) is 0 Å². The maximum atomic E-state index is 12.1. The summed E-state index contributed by atoms with van der Waals surface area (Å²) in [5.41, 5.74) is 0. The van der Waals surface area contributed by atoms with Crippen molar-refractivity contribution in [3.63, 3.8) is 0 Å². The first kappa shape index (κ1) is 11.8. The number of thioether (sulfide) groups is 1. The van der Waals surface area contributed by atoms with Gasteiger partial charge in [0.15, 0.2) is 0 Å². The van der Waals surface area contributed by atoms with Gasteiger partial charge in [0.25, 0.3) is 0 Å². The average molecular weight is 255 g/mol. The molecule has 2 bridgehead atoms. The molecule has 0 aromatic heterocycles. The van der Waals surface area contributed by atoms with Crippen molar-refractivity contribution in [3.05, 3.63) is 0 Å². The minimum Gasteiger partial charge on any atom is -0.350 e. The zero-order valence-electron chi connectivity index (χ0n) is 10.2. The summed E-state index contributed by atoms with van der Waals surface area (Å²) in [6.45, 7) is 4.49. The Balaban J connectivity index is 1.54. The number of nitrogens with zero attached hydrogens (tertiary/aromatic N) is 1. The van der Waals surface area contributed by atoms with Crippen molar-refractivity contribution < 1.29 is 4.79 Å². The zero-order valence-corrected chi connectivity index (χ0v) is 11.0. The molecule has 0 aromatic rings. The van der Waals surface area contributed by atoms with Crippen LogP contribution in [0.25, 0.3) is 0 Å². The Morgan fingerprint density at radius 1 is 1.35 bits per heavy atom. The average Bonchev–Trinajstić information content (AvgIpc) is 2.41. The largest absolute Gasteiger partial charge is 0.350 e. The van der Waals surface area contributed by atoms with E-state index in [9.17, 15) is 4.79 Å². The monoisotopic (exact) mass is 255 g/mol. The van der Waals surface area contributed by atoms with Crippen LogP contribution in [0, 0.1) is 5.92 Å². The van der Waals surface area contributed by atoms with Crippen LogP contribution in [-0.2, 0) is 4.79 Å². The van der Waals surface area contributed by atoms with Crippen LogP contribution in [0.2, 0.25) is 0 Å². The predicted molar refractivity (Wildman–Crippen MR) is 70.2 cm³/mol. The molecule has 4 aliphatic heterocycles. The van der Waals surface area contributed by atoms with Crippen molar-refractivity contribution in [2.75, 3.05) is 37.7 Å². The number of amides is 1. The maximum absolute atomic E-state index is 12.1. The van der Waals surface area contributed by atoms with E-state index in [1.54, 1.807) is 0 Å². The van der Waals surface area contributed by atoms with E-state index in [0.29, 0.717) is 6.04 Å². The molecule has 2 unspecified atom stereocenters. The molecule has 2 atom stereocenters. The second-order valence-electron chi connectivity index (χ2n) is 5.33. The predicted octanol–water partition coefficient (Wildman–Crippen LogP) is -0.0982. The molecule has 0 aliphatic carbocycles. The van der Waals surface area contributed by atoms with Crippen LogP contribution in [0.15, 0.2) is 0 Å². The summed E-state index contributed by atoms with van der Waals surface area (Å²) in [5, 5.41) is 6.57. The standard InChI is InChI=1S/C12H21N3OS/c16-12(11-8-17-6-3-13-11)14-10-7-15-4-1-9(10)2-5-15/h9-11,13H,1-8H2,(H,14,16). The normalized spacial score (nSPS) is 41.2. The number of hydrogen-bond donors (Lipinski definition) is 2. The van der Waals surface area contributed by atoms with Gasteiger partial charge in [0, 0.05) is 30.6 Å². The fourth-order valence-electron chi connectivity index (χ4n) is 3.15. The van der Waals surface area contributed by atoms with E-state index in [2.05, 4.69) is 15.5 Å². The molecule has 0 radical (unpaired) electrons. The highest BCUT2D eigenvalue weighted by Crippen LogP contribution is 2.27. The first-order valence-electron chi connectivity index (χ1n) is 6.67. The number of nitrogens with one attached hydrogen (secondary N) is 2. The summed E-state index contributed by atoms with van der Waals surface area (Å²) >= 11 is 1.87. The third-order valence-corrected chi connectivity index (χ3v) is 5.28. The fourth-order valence-corrected chi connectivity index (χ4v) is 4.08. The van der Waals surface area contributed by atoms with Crippen molar-refractivity contribution >= 4 is 17.7 Å². The summed E-state index contributed by atoms with van der Waals surface area (Å²) in [7, 11) is 0. The Labute approximate surface area is 107 Å². The molecule has 2 N–H and O–H groups in total. The van der Waals surface area contributed by atoms with Crippen LogP contribution >= 0.6 is 11.8 Å². The number of hydrogen-bond acceptors (Lipinski definition) is 4. The Bertz CT molecular complexity index is 285. The maximum Gasteiger partial charge on any atom is 0.238 e. The van der Waals surface area contributed by atoms with Gasteiger partial charge in [-0.25, -0.2) is 0 Å². The molecule has 4 rings (SSSR count). The number of piperidine rings is 3. The van der Waals surface area contributed by atoms with E-state index in [1.807, 2.05) is 11.8 Å².